The SMILES string of the molecule is CCCCCOc1ccc(CCCCC(N)=O)cc1. The van der Waals surface area contributed by atoms with Crippen molar-refractivity contribution in [3.8, 4) is 5.75 Å². The van der Waals surface area contributed by atoms with Crippen LogP contribution in [0.2, 0.25) is 0 Å². The second kappa shape index (κ2) is 9.42. The Morgan fingerprint density at radius 3 is 2.47 bits per heavy atom. The molecule has 0 atom stereocenters. The number of amides is 1. The van der Waals surface area contributed by atoms with E-state index in [0.717, 1.165) is 38.0 Å². The summed E-state index contributed by atoms with van der Waals surface area (Å²) in [6, 6.07) is 8.24. The third kappa shape index (κ3) is 7.50. The molecule has 106 valence electrons. The van der Waals surface area contributed by atoms with Gasteiger partial charge in [0.05, 0.1) is 6.61 Å². The fourth-order valence-corrected chi connectivity index (χ4v) is 1.92. The van der Waals surface area contributed by atoms with E-state index in [1.165, 1.54) is 18.4 Å². The Hall–Kier alpha value is -1.51. The van der Waals surface area contributed by atoms with Crippen molar-refractivity contribution in [3.63, 3.8) is 0 Å². The van der Waals surface area contributed by atoms with Crippen molar-refractivity contribution in [2.75, 3.05) is 6.61 Å². The number of rotatable bonds is 10. The van der Waals surface area contributed by atoms with Crippen LogP contribution in [0.4, 0.5) is 0 Å². The molecule has 0 aliphatic carbocycles. The molecule has 0 unspecified atom stereocenters. The predicted molar refractivity (Wildman–Crippen MR) is 78.2 cm³/mol. The van der Waals surface area contributed by atoms with Crippen molar-refractivity contribution >= 4 is 5.91 Å². The molecule has 1 rings (SSSR count). The molecule has 1 aromatic rings. The standard InChI is InChI=1S/C16H25NO2/c1-2-3-6-13-19-15-11-9-14(10-12-15)7-4-5-8-16(17)18/h9-12H,2-8,13H2,1H3,(H2,17,18). The summed E-state index contributed by atoms with van der Waals surface area (Å²) < 4.78 is 5.66. The molecule has 0 bridgehead atoms. The Labute approximate surface area is 116 Å². The van der Waals surface area contributed by atoms with Crippen LogP contribution in [0.25, 0.3) is 0 Å². The summed E-state index contributed by atoms with van der Waals surface area (Å²) in [7, 11) is 0. The van der Waals surface area contributed by atoms with Crippen molar-refractivity contribution in [1.29, 1.82) is 0 Å². The van der Waals surface area contributed by atoms with E-state index in [1.807, 2.05) is 12.1 Å². The van der Waals surface area contributed by atoms with Crippen LogP contribution in [-0.2, 0) is 11.2 Å². The Kier molecular flexibility index (Phi) is 7.71. The molecule has 0 saturated heterocycles. The van der Waals surface area contributed by atoms with E-state index < -0.39 is 0 Å². The second-order valence-electron chi connectivity index (χ2n) is 4.87. The number of unbranched alkanes of at least 4 members (excludes halogenated alkanes) is 3. The van der Waals surface area contributed by atoms with Gasteiger partial charge in [0.1, 0.15) is 5.75 Å². The first kappa shape index (κ1) is 15.5. The number of hydrogen-bond donors (Lipinski definition) is 1. The fourth-order valence-electron chi connectivity index (χ4n) is 1.92. The molecule has 0 saturated carbocycles. The fraction of sp³-hybridized carbons (Fsp3) is 0.562. The van der Waals surface area contributed by atoms with Gasteiger partial charge in [-0.15, -0.1) is 0 Å². The Bertz CT molecular complexity index is 360. The molecule has 0 radical (unpaired) electrons. The summed E-state index contributed by atoms with van der Waals surface area (Å²) in [5, 5.41) is 0. The average molecular weight is 263 g/mol. The molecular formula is C16H25NO2. The number of carbonyl (C=O) groups excluding carboxylic acids is 1. The minimum absolute atomic E-state index is 0.212. The lowest BCUT2D eigenvalue weighted by atomic mass is 10.1. The van der Waals surface area contributed by atoms with E-state index in [2.05, 4.69) is 19.1 Å². The summed E-state index contributed by atoms with van der Waals surface area (Å²) in [6.07, 6.45) is 6.89. The summed E-state index contributed by atoms with van der Waals surface area (Å²) in [5.41, 5.74) is 6.39. The number of aryl methyl sites for hydroxylation is 1. The molecule has 0 fully saturated rings. The highest BCUT2D eigenvalue weighted by atomic mass is 16.5. The number of benzene rings is 1. The van der Waals surface area contributed by atoms with Crippen molar-refractivity contribution in [2.24, 2.45) is 5.73 Å². The maximum Gasteiger partial charge on any atom is 0.217 e. The van der Waals surface area contributed by atoms with E-state index in [0.29, 0.717) is 6.42 Å². The zero-order valence-electron chi connectivity index (χ0n) is 11.9. The quantitative estimate of drug-likeness (QED) is 0.657. The van der Waals surface area contributed by atoms with Gasteiger partial charge in [0, 0.05) is 6.42 Å². The second-order valence-corrected chi connectivity index (χ2v) is 4.87. The van der Waals surface area contributed by atoms with Crippen LogP contribution in [0.3, 0.4) is 0 Å². The van der Waals surface area contributed by atoms with E-state index in [-0.39, 0.29) is 5.91 Å². The van der Waals surface area contributed by atoms with Crippen molar-refractivity contribution in [1.82, 2.24) is 0 Å². The van der Waals surface area contributed by atoms with Gasteiger partial charge in [0.2, 0.25) is 5.91 Å². The highest BCUT2D eigenvalue weighted by molar-refractivity contribution is 5.73. The van der Waals surface area contributed by atoms with E-state index in [4.69, 9.17) is 10.5 Å². The molecular weight excluding hydrogens is 238 g/mol. The number of nitrogens with two attached hydrogens (primary N) is 1. The van der Waals surface area contributed by atoms with Crippen LogP contribution in [0.15, 0.2) is 24.3 Å². The van der Waals surface area contributed by atoms with Crippen LogP contribution in [0.1, 0.15) is 51.0 Å². The van der Waals surface area contributed by atoms with E-state index in [9.17, 15) is 4.79 Å². The van der Waals surface area contributed by atoms with Crippen molar-refractivity contribution in [3.05, 3.63) is 29.8 Å². The summed E-state index contributed by atoms with van der Waals surface area (Å²) in [4.78, 5) is 10.6. The molecule has 1 amide bonds. The van der Waals surface area contributed by atoms with Gasteiger partial charge < -0.3 is 10.5 Å². The summed E-state index contributed by atoms with van der Waals surface area (Å²) >= 11 is 0. The molecule has 0 aromatic heterocycles. The first-order chi connectivity index (χ1) is 9.22. The van der Waals surface area contributed by atoms with Crippen LogP contribution in [0, 0.1) is 0 Å². The molecule has 2 N–H and O–H groups in total. The summed E-state index contributed by atoms with van der Waals surface area (Å²) in [6.45, 7) is 2.98. The van der Waals surface area contributed by atoms with Gasteiger partial charge in [-0.3, -0.25) is 4.79 Å². The molecule has 0 aliphatic heterocycles. The van der Waals surface area contributed by atoms with Gasteiger partial charge in [0.25, 0.3) is 0 Å². The van der Waals surface area contributed by atoms with Gasteiger partial charge in [-0.25, -0.2) is 0 Å². The molecule has 3 nitrogen and oxygen atoms in total. The van der Waals surface area contributed by atoms with Gasteiger partial charge in [-0.05, 0) is 43.4 Å². The third-order valence-corrected chi connectivity index (χ3v) is 3.08. The number of carbonyl (C=O) groups is 1. The van der Waals surface area contributed by atoms with Gasteiger partial charge >= 0.3 is 0 Å². The smallest absolute Gasteiger partial charge is 0.217 e. The molecule has 19 heavy (non-hydrogen) atoms. The highest BCUT2D eigenvalue weighted by Crippen LogP contribution is 2.14. The third-order valence-electron chi connectivity index (χ3n) is 3.08. The zero-order chi connectivity index (χ0) is 13.9. The topological polar surface area (TPSA) is 52.3 Å². The van der Waals surface area contributed by atoms with Crippen LogP contribution >= 0.6 is 0 Å². The van der Waals surface area contributed by atoms with Gasteiger partial charge in [0.15, 0.2) is 0 Å². The summed E-state index contributed by atoms with van der Waals surface area (Å²) in [5.74, 6) is 0.729. The number of primary amides is 1. The van der Waals surface area contributed by atoms with E-state index in [1.54, 1.807) is 0 Å². The molecule has 0 aliphatic rings. The Morgan fingerprint density at radius 2 is 1.84 bits per heavy atom. The monoisotopic (exact) mass is 263 g/mol. The number of hydrogen-bond acceptors (Lipinski definition) is 2. The minimum atomic E-state index is -0.212. The maximum atomic E-state index is 10.6. The minimum Gasteiger partial charge on any atom is -0.494 e. The Balaban J connectivity index is 2.21. The molecule has 0 spiro atoms. The molecule has 1 aromatic carbocycles. The lowest BCUT2D eigenvalue weighted by molar-refractivity contribution is -0.118. The van der Waals surface area contributed by atoms with Crippen LogP contribution < -0.4 is 10.5 Å². The zero-order valence-corrected chi connectivity index (χ0v) is 11.9. The first-order valence-electron chi connectivity index (χ1n) is 7.22. The Morgan fingerprint density at radius 1 is 1.11 bits per heavy atom. The predicted octanol–water partition coefficient (Wildman–Crippen LogP) is 3.45. The average Bonchev–Trinajstić information content (AvgIpc) is 2.41. The molecule has 0 heterocycles. The van der Waals surface area contributed by atoms with Crippen LogP contribution in [-0.4, -0.2) is 12.5 Å². The van der Waals surface area contributed by atoms with Crippen LogP contribution in [0.5, 0.6) is 5.75 Å². The largest absolute Gasteiger partial charge is 0.494 e. The first-order valence-corrected chi connectivity index (χ1v) is 7.22. The lowest BCUT2D eigenvalue weighted by Gasteiger charge is -2.07. The lowest BCUT2D eigenvalue weighted by Crippen LogP contribution is -2.09. The van der Waals surface area contributed by atoms with Gasteiger partial charge in [-0.1, -0.05) is 31.9 Å². The highest BCUT2D eigenvalue weighted by Gasteiger charge is 1.98. The normalized spacial score (nSPS) is 10.4. The van der Waals surface area contributed by atoms with E-state index >= 15 is 0 Å². The van der Waals surface area contributed by atoms with Gasteiger partial charge in [-0.2, -0.15) is 0 Å². The molecule has 3 heteroatoms. The number of ether oxygens (including phenoxy) is 1. The maximum absolute atomic E-state index is 10.6. The van der Waals surface area contributed by atoms with Crippen molar-refractivity contribution < 1.29 is 9.53 Å². The van der Waals surface area contributed by atoms with Crippen molar-refractivity contribution in [2.45, 2.75) is 51.9 Å².